The zero-order valence-electron chi connectivity index (χ0n) is 24.7. The smallest absolute Gasteiger partial charge is 0.416 e. The SMILES string of the molecule is COC(=O)c1ccc(C(c2c(C)[nH]n(-c3ccccc3)c2=O)c2c(C)[nH]n(-c3nc(-c4ccc(C(F)(F)F)cc4)cs3)c2=O)cc1. The van der Waals surface area contributed by atoms with Gasteiger partial charge < -0.3 is 4.74 Å². The molecule has 0 saturated carbocycles. The molecule has 1 unspecified atom stereocenters. The number of ether oxygens (including phenoxy) is 1. The maximum atomic E-state index is 14.2. The zero-order chi connectivity index (χ0) is 32.7. The molecular weight excluding hydrogens is 619 g/mol. The lowest BCUT2D eigenvalue weighted by Gasteiger charge is -2.16. The number of para-hydroxylation sites is 1. The Hall–Kier alpha value is -5.43. The van der Waals surface area contributed by atoms with Crippen LogP contribution >= 0.6 is 11.3 Å². The van der Waals surface area contributed by atoms with Gasteiger partial charge in [0.05, 0.1) is 40.7 Å². The summed E-state index contributed by atoms with van der Waals surface area (Å²) in [5, 5.41) is 8.12. The van der Waals surface area contributed by atoms with Crippen LogP contribution in [-0.4, -0.2) is 37.6 Å². The van der Waals surface area contributed by atoms with Crippen LogP contribution in [0.4, 0.5) is 13.2 Å². The molecule has 0 amide bonds. The summed E-state index contributed by atoms with van der Waals surface area (Å²) in [6, 6.07) is 20.1. The summed E-state index contributed by atoms with van der Waals surface area (Å²) in [7, 11) is 1.28. The lowest BCUT2D eigenvalue weighted by atomic mass is 9.85. The molecule has 9 nitrogen and oxygen atoms in total. The molecule has 0 aliphatic rings. The second-order valence-corrected chi connectivity index (χ2v) is 11.4. The van der Waals surface area contributed by atoms with E-state index in [9.17, 15) is 27.6 Å². The van der Waals surface area contributed by atoms with E-state index in [0.717, 1.165) is 23.5 Å². The summed E-state index contributed by atoms with van der Waals surface area (Å²) in [4.78, 5) is 44.9. The fraction of sp³-hybridized carbons (Fsp3) is 0.152. The highest BCUT2D eigenvalue weighted by molar-refractivity contribution is 7.12. The maximum absolute atomic E-state index is 14.2. The van der Waals surface area contributed by atoms with Crippen LogP contribution in [0.1, 0.15) is 49.9 Å². The van der Waals surface area contributed by atoms with Gasteiger partial charge >= 0.3 is 12.1 Å². The van der Waals surface area contributed by atoms with Gasteiger partial charge in [-0.25, -0.2) is 14.5 Å². The van der Waals surface area contributed by atoms with E-state index in [1.54, 1.807) is 55.6 Å². The maximum Gasteiger partial charge on any atom is 0.416 e. The third kappa shape index (κ3) is 5.49. The van der Waals surface area contributed by atoms with Crippen LogP contribution in [0.15, 0.2) is 93.8 Å². The van der Waals surface area contributed by atoms with Gasteiger partial charge in [-0.15, -0.1) is 11.3 Å². The van der Waals surface area contributed by atoms with Crippen molar-refractivity contribution in [3.63, 3.8) is 0 Å². The van der Waals surface area contributed by atoms with Crippen LogP contribution in [0.5, 0.6) is 0 Å². The molecule has 3 aromatic carbocycles. The average Bonchev–Trinajstić information content (AvgIpc) is 3.74. The first kappa shape index (κ1) is 30.6. The van der Waals surface area contributed by atoms with Crippen molar-refractivity contribution in [2.45, 2.75) is 25.9 Å². The van der Waals surface area contributed by atoms with Crippen molar-refractivity contribution in [3.8, 4) is 22.1 Å². The monoisotopic (exact) mass is 645 g/mol. The van der Waals surface area contributed by atoms with Crippen molar-refractivity contribution in [2.24, 2.45) is 0 Å². The predicted octanol–water partition coefficient (Wildman–Crippen LogP) is 6.37. The Labute approximate surface area is 263 Å². The van der Waals surface area contributed by atoms with Crippen molar-refractivity contribution >= 4 is 17.3 Å². The molecule has 2 N–H and O–H groups in total. The number of hydrogen-bond acceptors (Lipinski definition) is 6. The number of rotatable bonds is 7. The molecule has 0 saturated heterocycles. The Bertz CT molecular complexity index is 2160. The lowest BCUT2D eigenvalue weighted by molar-refractivity contribution is -0.137. The van der Waals surface area contributed by atoms with Gasteiger partial charge in [-0.2, -0.15) is 17.9 Å². The summed E-state index contributed by atoms with van der Waals surface area (Å²) < 4.78 is 46.7. The molecule has 6 rings (SSSR count). The highest BCUT2D eigenvalue weighted by atomic mass is 32.1. The first-order chi connectivity index (χ1) is 22.0. The zero-order valence-corrected chi connectivity index (χ0v) is 25.5. The number of nitrogens with one attached hydrogen (secondary N) is 2. The van der Waals surface area contributed by atoms with Crippen molar-refractivity contribution in [3.05, 3.63) is 144 Å². The Morgan fingerprint density at radius 1 is 0.848 bits per heavy atom. The molecule has 234 valence electrons. The van der Waals surface area contributed by atoms with Gasteiger partial charge in [-0.3, -0.25) is 19.8 Å². The number of benzene rings is 3. The van der Waals surface area contributed by atoms with Crippen molar-refractivity contribution in [2.75, 3.05) is 7.11 Å². The molecule has 0 aliphatic heterocycles. The summed E-state index contributed by atoms with van der Waals surface area (Å²) in [5.41, 5.74) is 2.43. The third-order valence-corrected chi connectivity index (χ3v) is 8.51. The van der Waals surface area contributed by atoms with Gasteiger partial charge in [0, 0.05) is 28.2 Å². The number of aryl methyl sites for hydroxylation is 2. The fourth-order valence-electron chi connectivity index (χ4n) is 5.43. The normalized spacial score (nSPS) is 12.3. The predicted molar refractivity (Wildman–Crippen MR) is 167 cm³/mol. The van der Waals surface area contributed by atoms with E-state index >= 15 is 0 Å². The first-order valence-corrected chi connectivity index (χ1v) is 14.9. The Morgan fingerprint density at radius 3 is 2.02 bits per heavy atom. The standard InChI is InChI=1S/C33H26F3N5O4S/c1-18-26(29(42)40(38-18)24-7-5-4-6-8-24)28(21-9-11-22(12-10-21)31(44)45-3)27-19(2)39-41(30(27)43)32-37-25(17-46-32)20-13-15-23(16-14-20)33(34,35)36/h4-17,28,38-39H,1-3H3. The van der Waals surface area contributed by atoms with Crippen molar-refractivity contribution in [1.82, 2.24) is 24.5 Å². The topological polar surface area (TPSA) is 115 Å². The van der Waals surface area contributed by atoms with Crippen LogP contribution < -0.4 is 11.1 Å². The highest BCUT2D eigenvalue weighted by Gasteiger charge is 2.32. The highest BCUT2D eigenvalue weighted by Crippen LogP contribution is 2.34. The molecule has 0 radical (unpaired) electrons. The molecule has 3 heterocycles. The first-order valence-electron chi connectivity index (χ1n) is 14.0. The van der Waals surface area contributed by atoms with E-state index in [0.29, 0.717) is 45.0 Å². The molecule has 46 heavy (non-hydrogen) atoms. The van der Waals surface area contributed by atoms with Crippen LogP contribution in [-0.2, 0) is 10.9 Å². The van der Waals surface area contributed by atoms with Crippen LogP contribution in [0, 0.1) is 13.8 Å². The van der Waals surface area contributed by atoms with Gasteiger partial charge in [0.1, 0.15) is 0 Å². The molecule has 13 heteroatoms. The van der Waals surface area contributed by atoms with Crippen LogP contribution in [0.2, 0.25) is 0 Å². The minimum absolute atomic E-state index is 0.265. The molecule has 0 aliphatic carbocycles. The number of halogens is 3. The van der Waals surface area contributed by atoms with Gasteiger partial charge in [0.15, 0.2) is 0 Å². The summed E-state index contributed by atoms with van der Waals surface area (Å²) >= 11 is 1.14. The molecule has 0 fully saturated rings. The number of alkyl halides is 3. The minimum Gasteiger partial charge on any atom is -0.465 e. The molecular formula is C33H26F3N5O4S. The van der Waals surface area contributed by atoms with E-state index in [1.165, 1.54) is 28.6 Å². The van der Waals surface area contributed by atoms with Gasteiger partial charge in [-0.1, -0.05) is 42.5 Å². The van der Waals surface area contributed by atoms with E-state index < -0.39 is 29.2 Å². The minimum atomic E-state index is -4.46. The summed E-state index contributed by atoms with van der Waals surface area (Å²) in [5.74, 6) is -1.38. The second-order valence-electron chi connectivity index (χ2n) is 10.6. The number of H-pyrrole nitrogens is 2. The summed E-state index contributed by atoms with van der Waals surface area (Å²) in [6.45, 7) is 3.47. The fourth-order valence-corrected chi connectivity index (χ4v) is 6.22. The number of nitrogens with zero attached hydrogens (tertiary/aromatic N) is 3. The number of aromatic amines is 2. The number of carbonyl (C=O) groups is 1. The van der Waals surface area contributed by atoms with Gasteiger partial charge in [-0.05, 0) is 55.8 Å². The van der Waals surface area contributed by atoms with Crippen LogP contribution in [0.3, 0.4) is 0 Å². The van der Waals surface area contributed by atoms with Crippen molar-refractivity contribution < 1.29 is 22.7 Å². The van der Waals surface area contributed by atoms with Crippen LogP contribution in [0.25, 0.3) is 22.1 Å². The molecule has 1 atom stereocenters. The number of methoxy groups -OCH3 is 1. The largest absolute Gasteiger partial charge is 0.465 e. The average molecular weight is 646 g/mol. The van der Waals surface area contributed by atoms with E-state index in [2.05, 4.69) is 15.2 Å². The quantitative estimate of drug-likeness (QED) is 0.196. The molecule has 0 spiro atoms. The van der Waals surface area contributed by atoms with E-state index in [1.807, 2.05) is 18.2 Å². The number of carbonyl (C=O) groups excluding carboxylic acids is 1. The van der Waals surface area contributed by atoms with Gasteiger partial charge in [0.25, 0.3) is 11.1 Å². The van der Waals surface area contributed by atoms with E-state index in [-0.39, 0.29) is 16.3 Å². The Morgan fingerprint density at radius 2 is 1.43 bits per heavy atom. The van der Waals surface area contributed by atoms with E-state index in [4.69, 9.17) is 4.74 Å². The van der Waals surface area contributed by atoms with Gasteiger partial charge in [0.2, 0.25) is 5.13 Å². The summed E-state index contributed by atoms with van der Waals surface area (Å²) in [6.07, 6.45) is -4.46. The number of hydrogen-bond donors (Lipinski definition) is 2. The van der Waals surface area contributed by atoms with Crippen molar-refractivity contribution in [1.29, 1.82) is 0 Å². The second kappa shape index (κ2) is 11.8. The number of esters is 1. The number of thiazole rings is 1. The Balaban J connectivity index is 1.47. The number of aromatic nitrogens is 5. The molecule has 6 aromatic rings. The lowest BCUT2D eigenvalue weighted by Crippen LogP contribution is -2.25. The third-order valence-electron chi connectivity index (χ3n) is 7.68. The Kier molecular flexibility index (Phi) is 7.86. The molecule has 3 aromatic heterocycles. The molecule has 0 bridgehead atoms.